The number of fused-ring (bicyclic) bond motifs is 1. The van der Waals surface area contributed by atoms with Gasteiger partial charge in [-0.3, -0.25) is 4.79 Å². The van der Waals surface area contributed by atoms with E-state index in [1.807, 2.05) is 24.3 Å². The summed E-state index contributed by atoms with van der Waals surface area (Å²) in [5.74, 6) is -1.65. The molecule has 3 rings (SSSR count). The monoisotopic (exact) mass is 326 g/mol. The number of Topliss-reactive ketones (excluding diaryl/α,β-unsaturated/α-hetero) is 1. The van der Waals surface area contributed by atoms with Crippen molar-refractivity contribution in [2.24, 2.45) is 0 Å². The van der Waals surface area contributed by atoms with Gasteiger partial charge in [0.2, 0.25) is 17.2 Å². The molecule has 0 amide bonds. The zero-order valence-corrected chi connectivity index (χ0v) is 14.3. The van der Waals surface area contributed by atoms with Crippen molar-refractivity contribution < 1.29 is 14.6 Å². The number of rotatable bonds is 9. The smallest absolute Gasteiger partial charge is 0.229 e. The molecule has 1 heterocycles. The van der Waals surface area contributed by atoms with E-state index in [4.69, 9.17) is 4.74 Å². The molecule has 3 heteroatoms. The number of carbonyl (C=O) groups is 1. The van der Waals surface area contributed by atoms with Crippen LogP contribution in [0.2, 0.25) is 0 Å². The molecule has 24 heavy (non-hydrogen) atoms. The van der Waals surface area contributed by atoms with E-state index in [1.165, 1.54) is 32.1 Å². The SMILES string of the molecule is CCCCCCCCC1=CC2(O)OC2(C(=O)c2ccccc2)C=C1. The van der Waals surface area contributed by atoms with Gasteiger partial charge in [0.15, 0.2) is 0 Å². The molecule has 3 nitrogen and oxygen atoms in total. The van der Waals surface area contributed by atoms with Gasteiger partial charge in [0, 0.05) is 5.56 Å². The second kappa shape index (κ2) is 7.04. The summed E-state index contributed by atoms with van der Waals surface area (Å²) in [6.07, 6.45) is 13.8. The Morgan fingerprint density at radius 1 is 1.08 bits per heavy atom. The Morgan fingerprint density at radius 2 is 1.79 bits per heavy atom. The first kappa shape index (κ1) is 17.1. The van der Waals surface area contributed by atoms with E-state index >= 15 is 0 Å². The summed E-state index contributed by atoms with van der Waals surface area (Å²) in [5, 5.41) is 10.6. The first-order chi connectivity index (χ1) is 11.6. The topological polar surface area (TPSA) is 49.8 Å². The zero-order valence-electron chi connectivity index (χ0n) is 14.3. The molecule has 1 aliphatic heterocycles. The molecule has 1 aromatic carbocycles. The van der Waals surface area contributed by atoms with E-state index in [1.54, 1.807) is 24.3 Å². The second-order valence-electron chi connectivity index (χ2n) is 6.80. The third kappa shape index (κ3) is 3.24. The Hall–Kier alpha value is -1.71. The van der Waals surface area contributed by atoms with Crippen LogP contribution in [0.5, 0.6) is 0 Å². The average molecular weight is 326 g/mol. The molecule has 0 bridgehead atoms. The predicted octanol–water partition coefficient (Wildman–Crippen LogP) is 4.57. The van der Waals surface area contributed by atoms with E-state index in [0.717, 1.165) is 18.4 Å². The highest BCUT2D eigenvalue weighted by Crippen LogP contribution is 2.53. The molecule has 128 valence electrons. The highest BCUT2D eigenvalue weighted by Gasteiger charge is 2.73. The fourth-order valence-corrected chi connectivity index (χ4v) is 3.39. The maximum absolute atomic E-state index is 12.7. The number of hydrogen-bond acceptors (Lipinski definition) is 3. The van der Waals surface area contributed by atoms with Gasteiger partial charge in [0.1, 0.15) is 0 Å². The van der Waals surface area contributed by atoms with Gasteiger partial charge < -0.3 is 9.84 Å². The highest BCUT2D eigenvalue weighted by molar-refractivity contribution is 6.07. The maximum Gasteiger partial charge on any atom is 0.229 e. The largest absolute Gasteiger partial charge is 0.359 e. The number of carbonyl (C=O) groups excluding carboxylic acids is 1. The summed E-state index contributed by atoms with van der Waals surface area (Å²) in [6, 6.07) is 9.00. The third-order valence-electron chi connectivity index (χ3n) is 4.91. The van der Waals surface area contributed by atoms with Crippen molar-refractivity contribution in [2.75, 3.05) is 0 Å². The van der Waals surface area contributed by atoms with Crippen LogP contribution in [0.25, 0.3) is 0 Å². The van der Waals surface area contributed by atoms with Crippen LogP contribution in [0.3, 0.4) is 0 Å². The average Bonchev–Trinajstić information content (AvgIpc) is 3.24. The van der Waals surface area contributed by atoms with Crippen molar-refractivity contribution in [3.63, 3.8) is 0 Å². The normalized spacial score (nSPS) is 27.5. The van der Waals surface area contributed by atoms with E-state index in [9.17, 15) is 9.90 Å². The number of ether oxygens (including phenoxy) is 1. The Morgan fingerprint density at radius 3 is 2.50 bits per heavy atom. The number of unbranched alkanes of at least 4 members (excludes halogenated alkanes) is 5. The molecule has 0 aromatic heterocycles. The lowest BCUT2D eigenvalue weighted by molar-refractivity contribution is 0.0818. The molecule has 0 spiro atoms. The minimum absolute atomic E-state index is 0.184. The number of allylic oxidation sites excluding steroid dienone is 2. The van der Waals surface area contributed by atoms with E-state index in [0.29, 0.717) is 5.56 Å². The van der Waals surface area contributed by atoms with Gasteiger partial charge in [-0.1, -0.05) is 75.4 Å². The molecule has 0 saturated carbocycles. The summed E-state index contributed by atoms with van der Waals surface area (Å²) in [7, 11) is 0. The third-order valence-corrected chi connectivity index (χ3v) is 4.91. The van der Waals surface area contributed by atoms with Gasteiger partial charge in [-0.2, -0.15) is 0 Å². The van der Waals surface area contributed by atoms with Crippen LogP contribution in [0, 0.1) is 0 Å². The van der Waals surface area contributed by atoms with Crippen LogP contribution in [0.4, 0.5) is 0 Å². The Labute approximate surface area is 144 Å². The second-order valence-corrected chi connectivity index (χ2v) is 6.80. The molecule has 1 aliphatic carbocycles. The minimum Gasteiger partial charge on any atom is -0.359 e. The Bertz CT molecular complexity index is 646. The predicted molar refractivity (Wildman–Crippen MR) is 94.8 cm³/mol. The number of hydrogen-bond donors (Lipinski definition) is 1. The molecule has 1 fully saturated rings. The Balaban J connectivity index is 1.57. The van der Waals surface area contributed by atoms with Crippen LogP contribution in [-0.2, 0) is 4.74 Å². The fraction of sp³-hybridized carbons (Fsp3) is 0.476. The van der Waals surface area contributed by atoms with Gasteiger partial charge in [-0.15, -0.1) is 0 Å². The van der Waals surface area contributed by atoms with E-state index in [2.05, 4.69) is 6.92 Å². The maximum atomic E-state index is 12.7. The van der Waals surface area contributed by atoms with Crippen molar-refractivity contribution in [1.29, 1.82) is 0 Å². The van der Waals surface area contributed by atoms with Gasteiger partial charge in [0.25, 0.3) is 0 Å². The first-order valence-corrected chi connectivity index (χ1v) is 9.05. The number of ketones is 1. The van der Waals surface area contributed by atoms with Gasteiger partial charge in [-0.25, -0.2) is 0 Å². The van der Waals surface area contributed by atoms with Crippen LogP contribution >= 0.6 is 0 Å². The highest BCUT2D eigenvalue weighted by atomic mass is 16.8. The van der Waals surface area contributed by atoms with Crippen LogP contribution in [0.15, 0.2) is 54.1 Å². The lowest BCUT2D eigenvalue weighted by Gasteiger charge is -2.15. The summed E-state index contributed by atoms with van der Waals surface area (Å²) in [6.45, 7) is 2.22. The molecular weight excluding hydrogens is 300 g/mol. The molecule has 1 N–H and O–H groups in total. The quantitative estimate of drug-likeness (QED) is 0.411. The van der Waals surface area contributed by atoms with Crippen molar-refractivity contribution in [2.45, 2.75) is 63.3 Å². The van der Waals surface area contributed by atoms with Crippen molar-refractivity contribution in [3.8, 4) is 0 Å². The van der Waals surface area contributed by atoms with E-state index < -0.39 is 11.4 Å². The molecule has 2 aliphatic rings. The Kier molecular flexibility index (Phi) is 5.02. The minimum atomic E-state index is -1.47. The summed E-state index contributed by atoms with van der Waals surface area (Å²) < 4.78 is 5.50. The summed E-state index contributed by atoms with van der Waals surface area (Å²) >= 11 is 0. The molecule has 2 atom stereocenters. The summed E-state index contributed by atoms with van der Waals surface area (Å²) in [5.41, 5.74) is 0.395. The number of benzene rings is 1. The zero-order chi connectivity index (χ0) is 17.0. The first-order valence-electron chi connectivity index (χ1n) is 9.05. The van der Waals surface area contributed by atoms with Gasteiger partial charge in [-0.05, 0) is 30.6 Å². The van der Waals surface area contributed by atoms with E-state index in [-0.39, 0.29) is 5.78 Å². The molecule has 0 radical (unpaired) electrons. The van der Waals surface area contributed by atoms with Crippen molar-refractivity contribution in [1.82, 2.24) is 0 Å². The molecule has 2 unspecified atom stereocenters. The fourth-order valence-electron chi connectivity index (χ4n) is 3.39. The number of epoxide rings is 1. The van der Waals surface area contributed by atoms with Crippen LogP contribution in [-0.4, -0.2) is 22.3 Å². The van der Waals surface area contributed by atoms with Crippen molar-refractivity contribution in [3.05, 3.63) is 59.7 Å². The lowest BCUT2D eigenvalue weighted by atomic mass is 9.86. The van der Waals surface area contributed by atoms with Crippen LogP contribution in [0.1, 0.15) is 62.2 Å². The van der Waals surface area contributed by atoms with Gasteiger partial charge >= 0.3 is 0 Å². The number of aliphatic hydroxyl groups is 1. The molecular formula is C21H26O3. The van der Waals surface area contributed by atoms with Gasteiger partial charge in [0.05, 0.1) is 0 Å². The standard InChI is InChI=1S/C21H26O3/c1-2-3-4-5-6-8-11-17-14-15-20(21(23,16-17)24-20)19(22)18-12-9-7-10-13-18/h7,9-10,12-16,23H,2-6,8,11H2,1H3. The van der Waals surface area contributed by atoms with Crippen LogP contribution < -0.4 is 0 Å². The lowest BCUT2D eigenvalue weighted by Crippen LogP contribution is -2.33. The summed E-state index contributed by atoms with van der Waals surface area (Å²) in [4.78, 5) is 12.7. The molecule has 1 aromatic rings. The van der Waals surface area contributed by atoms with Crippen molar-refractivity contribution >= 4 is 5.78 Å². The molecule has 1 saturated heterocycles.